The van der Waals surface area contributed by atoms with E-state index >= 15 is 0 Å². The van der Waals surface area contributed by atoms with E-state index in [1.54, 1.807) is 19.2 Å². The van der Waals surface area contributed by atoms with E-state index < -0.39 is 16.4 Å². The molecule has 1 rings (SSSR count). The van der Waals surface area contributed by atoms with Crippen LogP contribution in [-0.2, 0) is 16.4 Å². The minimum absolute atomic E-state index is 0. The molecule has 7 nitrogen and oxygen atoms in total. The van der Waals surface area contributed by atoms with Gasteiger partial charge in [0, 0.05) is 25.9 Å². The summed E-state index contributed by atoms with van der Waals surface area (Å²) in [4.78, 5) is 4.06. The number of hydrogen-bond donors (Lipinski definition) is 2. The van der Waals surface area contributed by atoms with Crippen molar-refractivity contribution < 1.29 is 26.7 Å². The van der Waals surface area contributed by atoms with E-state index in [0.29, 0.717) is 24.5 Å². The number of methoxy groups -OCH3 is 1. The van der Waals surface area contributed by atoms with Gasteiger partial charge in [-0.05, 0) is 31.0 Å². The number of nitrogens with one attached hydrogen (secondary N) is 2. The zero-order chi connectivity index (χ0) is 19.7. The molecule has 1 aromatic carbocycles. The van der Waals surface area contributed by atoms with E-state index in [1.165, 1.54) is 19.4 Å². The summed E-state index contributed by atoms with van der Waals surface area (Å²) in [5.41, 5.74) is 0.688. The molecule has 0 aliphatic carbocycles. The molecule has 0 amide bonds. The van der Waals surface area contributed by atoms with Crippen molar-refractivity contribution in [1.82, 2.24) is 10.6 Å². The van der Waals surface area contributed by atoms with Crippen LogP contribution in [0.25, 0.3) is 0 Å². The Morgan fingerprint density at radius 2 is 1.96 bits per heavy atom. The lowest BCUT2D eigenvalue weighted by molar-refractivity contribution is -0.0512. The lowest BCUT2D eigenvalue weighted by Gasteiger charge is -2.18. The van der Waals surface area contributed by atoms with Gasteiger partial charge in [-0.2, -0.15) is 8.78 Å². The van der Waals surface area contributed by atoms with Crippen LogP contribution < -0.4 is 20.1 Å². The zero-order valence-corrected chi connectivity index (χ0v) is 18.8. The van der Waals surface area contributed by atoms with E-state index in [-0.39, 0.29) is 47.3 Å². The van der Waals surface area contributed by atoms with E-state index in [0.717, 1.165) is 0 Å². The number of guanidine groups is 1. The Labute approximate surface area is 175 Å². The fourth-order valence-electron chi connectivity index (χ4n) is 2.10. The molecular formula is C16H26F2IN3O4S. The lowest BCUT2D eigenvalue weighted by atomic mass is 10.2. The highest BCUT2D eigenvalue weighted by Gasteiger charge is 2.12. The Bertz CT molecular complexity index is 718. The van der Waals surface area contributed by atoms with Crippen LogP contribution in [0.3, 0.4) is 0 Å². The Balaban J connectivity index is 0.00000676. The van der Waals surface area contributed by atoms with Crippen molar-refractivity contribution in [2.24, 2.45) is 4.99 Å². The van der Waals surface area contributed by atoms with Crippen LogP contribution in [0.2, 0.25) is 0 Å². The van der Waals surface area contributed by atoms with E-state index in [9.17, 15) is 17.2 Å². The normalized spacial score (nSPS) is 12.9. The van der Waals surface area contributed by atoms with E-state index in [1.807, 2.05) is 6.92 Å². The summed E-state index contributed by atoms with van der Waals surface area (Å²) < 4.78 is 56.8. The molecule has 0 aromatic heterocycles. The van der Waals surface area contributed by atoms with Crippen molar-refractivity contribution >= 4 is 39.8 Å². The van der Waals surface area contributed by atoms with Crippen LogP contribution in [0.1, 0.15) is 18.9 Å². The first-order valence-corrected chi connectivity index (χ1v) is 9.97. The number of sulfone groups is 1. The first kappa shape index (κ1) is 25.6. The van der Waals surface area contributed by atoms with Crippen LogP contribution >= 0.6 is 24.0 Å². The average Bonchev–Trinajstić information content (AvgIpc) is 2.55. The molecule has 0 radical (unpaired) electrons. The Hall–Kier alpha value is -1.37. The van der Waals surface area contributed by atoms with Crippen molar-refractivity contribution in [3.05, 3.63) is 23.8 Å². The summed E-state index contributed by atoms with van der Waals surface area (Å²) in [7, 11) is -0.0741. The first-order valence-electron chi connectivity index (χ1n) is 7.91. The van der Waals surface area contributed by atoms with Gasteiger partial charge >= 0.3 is 6.61 Å². The molecule has 0 heterocycles. The summed E-state index contributed by atoms with van der Waals surface area (Å²) in [6.45, 7) is -0.792. The van der Waals surface area contributed by atoms with Gasteiger partial charge in [0.2, 0.25) is 0 Å². The molecule has 1 unspecified atom stereocenters. The third-order valence-corrected chi connectivity index (χ3v) is 4.41. The standard InChI is InChI=1S/C16H25F2N3O4S.HI/c1-11(7-8-26(4,22)23)21-16(19-2)20-10-12-5-6-13(24-3)14(9-12)25-15(17)18;/h5-6,9,11,15H,7-8,10H2,1-4H3,(H2,19,20,21);1H. The number of benzene rings is 1. The summed E-state index contributed by atoms with van der Waals surface area (Å²) in [5, 5.41) is 6.11. The number of halogens is 3. The molecule has 2 N–H and O–H groups in total. The highest BCUT2D eigenvalue weighted by Crippen LogP contribution is 2.29. The number of alkyl halides is 2. The predicted molar refractivity (Wildman–Crippen MR) is 112 cm³/mol. The predicted octanol–water partition coefficient (Wildman–Crippen LogP) is 2.40. The first-order chi connectivity index (χ1) is 12.1. The third-order valence-electron chi connectivity index (χ3n) is 3.43. The number of hydrogen-bond acceptors (Lipinski definition) is 5. The number of nitrogens with zero attached hydrogens (tertiary/aromatic N) is 1. The third kappa shape index (κ3) is 10.5. The van der Waals surface area contributed by atoms with Crippen molar-refractivity contribution in [3.8, 4) is 11.5 Å². The van der Waals surface area contributed by atoms with Crippen LogP contribution in [0.15, 0.2) is 23.2 Å². The van der Waals surface area contributed by atoms with Gasteiger partial charge in [0.1, 0.15) is 9.84 Å². The summed E-state index contributed by atoms with van der Waals surface area (Å²) >= 11 is 0. The van der Waals surface area contributed by atoms with Gasteiger partial charge in [0.15, 0.2) is 17.5 Å². The maximum Gasteiger partial charge on any atom is 0.387 e. The quantitative estimate of drug-likeness (QED) is 0.295. The SMILES string of the molecule is CN=C(NCc1ccc(OC)c(OC(F)F)c1)NC(C)CCS(C)(=O)=O.I. The van der Waals surface area contributed by atoms with Gasteiger partial charge in [-0.25, -0.2) is 8.42 Å². The lowest BCUT2D eigenvalue weighted by Crippen LogP contribution is -2.42. The maximum atomic E-state index is 12.5. The molecule has 0 spiro atoms. The largest absolute Gasteiger partial charge is 0.493 e. The van der Waals surface area contributed by atoms with Crippen LogP contribution in [-0.4, -0.2) is 53.2 Å². The van der Waals surface area contributed by atoms with Gasteiger partial charge in [-0.15, -0.1) is 24.0 Å². The highest BCUT2D eigenvalue weighted by atomic mass is 127. The van der Waals surface area contributed by atoms with Gasteiger partial charge in [-0.1, -0.05) is 6.07 Å². The van der Waals surface area contributed by atoms with Crippen LogP contribution in [0.5, 0.6) is 11.5 Å². The molecule has 1 aromatic rings. The molecule has 0 saturated carbocycles. The minimum atomic E-state index is -3.03. The minimum Gasteiger partial charge on any atom is -0.493 e. The van der Waals surface area contributed by atoms with Crippen LogP contribution in [0.4, 0.5) is 8.78 Å². The Kier molecular flexibility index (Phi) is 11.5. The Morgan fingerprint density at radius 1 is 1.30 bits per heavy atom. The Morgan fingerprint density at radius 3 is 2.48 bits per heavy atom. The van der Waals surface area contributed by atoms with Crippen molar-refractivity contribution in [2.45, 2.75) is 32.5 Å². The fraction of sp³-hybridized carbons (Fsp3) is 0.562. The average molecular weight is 521 g/mol. The second-order valence-corrected chi connectivity index (χ2v) is 8.01. The molecule has 0 aliphatic heterocycles. The van der Waals surface area contributed by atoms with Gasteiger partial charge in [0.25, 0.3) is 0 Å². The van der Waals surface area contributed by atoms with Gasteiger partial charge in [-0.3, -0.25) is 4.99 Å². The number of aliphatic imine (C=N–C) groups is 1. The van der Waals surface area contributed by atoms with Crippen molar-refractivity contribution in [1.29, 1.82) is 0 Å². The zero-order valence-electron chi connectivity index (χ0n) is 15.7. The second-order valence-electron chi connectivity index (χ2n) is 5.75. The topological polar surface area (TPSA) is 89.0 Å². The molecule has 0 aliphatic rings. The van der Waals surface area contributed by atoms with Crippen molar-refractivity contribution in [2.75, 3.05) is 26.2 Å². The van der Waals surface area contributed by atoms with E-state index in [4.69, 9.17) is 4.74 Å². The summed E-state index contributed by atoms with van der Waals surface area (Å²) in [6.07, 6.45) is 1.63. The monoisotopic (exact) mass is 521 g/mol. The molecule has 27 heavy (non-hydrogen) atoms. The summed E-state index contributed by atoms with van der Waals surface area (Å²) in [6, 6.07) is 4.60. The summed E-state index contributed by atoms with van der Waals surface area (Å²) in [5.74, 6) is 0.709. The smallest absolute Gasteiger partial charge is 0.387 e. The number of rotatable bonds is 9. The van der Waals surface area contributed by atoms with Gasteiger partial charge < -0.3 is 20.1 Å². The van der Waals surface area contributed by atoms with E-state index in [2.05, 4.69) is 20.4 Å². The van der Waals surface area contributed by atoms with Crippen LogP contribution in [0, 0.1) is 0 Å². The molecule has 0 saturated heterocycles. The molecule has 0 bridgehead atoms. The molecule has 0 fully saturated rings. The molecule has 1 atom stereocenters. The highest BCUT2D eigenvalue weighted by molar-refractivity contribution is 14.0. The molecule has 156 valence electrons. The fourth-order valence-corrected chi connectivity index (χ4v) is 2.88. The van der Waals surface area contributed by atoms with Crippen molar-refractivity contribution in [3.63, 3.8) is 0 Å². The second kappa shape index (κ2) is 12.2. The maximum absolute atomic E-state index is 12.5. The molecule has 11 heteroatoms. The van der Waals surface area contributed by atoms with Gasteiger partial charge in [0.05, 0.1) is 12.9 Å². The number of ether oxygens (including phenoxy) is 2. The molecular weight excluding hydrogens is 495 g/mol.